The number of ether oxygens (including phenoxy) is 1. The molecular weight excluding hydrogens is 286 g/mol. The number of aromatic nitrogens is 2. The molecule has 1 N–H and O–H groups in total. The maximum Gasteiger partial charge on any atom is 0.123 e. The number of rotatable bonds is 3. The average Bonchev–Trinajstić information content (AvgIpc) is 2.91. The summed E-state index contributed by atoms with van der Waals surface area (Å²) in [6.45, 7) is 2.11. The topological polar surface area (TPSA) is 41.1 Å². The second-order valence-corrected chi connectivity index (χ2v) is 6.04. The predicted molar refractivity (Wildman–Crippen MR) is 88.4 cm³/mol. The molecule has 2 aromatic rings. The molecule has 1 aromatic carbocycles. The van der Waals surface area contributed by atoms with Gasteiger partial charge in [0, 0.05) is 17.0 Å². The number of nitrogens with one attached hydrogen (secondary N) is 1. The number of aromatic amines is 1. The fourth-order valence-electron chi connectivity index (χ4n) is 3.14. The molecule has 0 spiro atoms. The molecule has 1 saturated carbocycles. The Hall–Kier alpha value is -1.26. The van der Waals surface area contributed by atoms with Gasteiger partial charge >= 0.3 is 0 Å². The summed E-state index contributed by atoms with van der Waals surface area (Å²) < 4.78 is 6.28. The number of hydrogen-bond acceptors (Lipinski definition) is 3. The van der Waals surface area contributed by atoms with Gasteiger partial charge in [-0.05, 0) is 58.8 Å². The van der Waals surface area contributed by atoms with Crippen molar-refractivity contribution in [2.24, 2.45) is 0 Å². The summed E-state index contributed by atoms with van der Waals surface area (Å²) in [6.07, 6.45) is 7.02. The molecule has 0 amide bonds. The van der Waals surface area contributed by atoms with Crippen LogP contribution in [0.5, 0.6) is 5.75 Å². The Labute approximate surface area is 132 Å². The Morgan fingerprint density at radius 3 is 2.86 bits per heavy atom. The van der Waals surface area contributed by atoms with E-state index in [-0.39, 0.29) is 12.4 Å². The van der Waals surface area contributed by atoms with E-state index in [0.29, 0.717) is 12.1 Å². The van der Waals surface area contributed by atoms with Gasteiger partial charge in [0.1, 0.15) is 11.9 Å². The van der Waals surface area contributed by atoms with Crippen LogP contribution in [-0.2, 0) is 0 Å². The lowest BCUT2D eigenvalue weighted by Crippen LogP contribution is -2.37. The van der Waals surface area contributed by atoms with Crippen molar-refractivity contribution < 1.29 is 4.74 Å². The van der Waals surface area contributed by atoms with Gasteiger partial charge in [-0.1, -0.05) is 0 Å². The van der Waals surface area contributed by atoms with Crippen molar-refractivity contribution in [3.8, 4) is 5.75 Å². The zero-order valence-corrected chi connectivity index (χ0v) is 13.7. The molecule has 4 nitrogen and oxygen atoms in total. The molecule has 21 heavy (non-hydrogen) atoms. The van der Waals surface area contributed by atoms with E-state index in [0.717, 1.165) is 29.5 Å². The standard InChI is InChI=1S/C16H23N3O.ClH/c1-11-14-10-17-18-15(14)7-8-16(11)20-13-6-4-5-12(9-13)19(2)3;/h7-8,10,12-13H,4-6,9H2,1-3H3,(H,17,18);1H. The van der Waals surface area contributed by atoms with Crippen LogP contribution in [0.25, 0.3) is 10.9 Å². The number of H-pyrrole nitrogens is 1. The number of nitrogens with zero attached hydrogens (tertiary/aromatic N) is 2. The minimum atomic E-state index is 0. The summed E-state index contributed by atoms with van der Waals surface area (Å²) in [5.74, 6) is 1.00. The molecule has 0 radical (unpaired) electrons. The maximum absolute atomic E-state index is 6.28. The summed E-state index contributed by atoms with van der Waals surface area (Å²) in [4.78, 5) is 2.32. The zero-order valence-electron chi connectivity index (χ0n) is 12.9. The molecule has 5 heteroatoms. The first-order valence-electron chi connectivity index (χ1n) is 7.41. The first-order valence-corrected chi connectivity index (χ1v) is 7.41. The van der Waals surface area contributed by atoms with E-state index in [1.165, 1.54) is 18.4 Å². The van der Waals surface area contributed by atoms with Crippen molar-refractivity contribution in [2.45, 2.75) is 44.8 Å². The Morgan fingerprint density at radius 2 is 2.10 bits per heavy atom. The third-order valence-corrected chi connectivity index (χ3v) is 4.47. The lowest BCUT2D eigenvalue weighted by Gasteiger charge is -2.33. The number of halogens is 1. The van der Waals surface area contributed by atoms with Crippen LogP contribution in [-0.4, -0.2) is 41.3 Å². The van der Waals surface area contributed by atoms with Crippen LogP contribution in [0, 0.1) is 6.92 Å². The van der Waals surface area contributed by atoms with Crippen molar-refractivity contribution >= 4 is 23.3 Å². The van der Waals surface area contributed by atoms with Crippen LogP contribution in [0.4, 0.5) is 0 Å². The van der Waals surface area contributed by atoms with Gasteiger partial charge in [0.2, 0.25) is 0 Å². The lowest BCUT2D eigenvalue weighted by molar-refractivity contribution is 0.0998. The van der Waals surface area contributed by atoms with Crippen LogP contribution in [0.15, 0.2) is 18.3 Å². The SMILES string of the molecule is Cc1c(OC2CCCC(N(C)C)C2)ccc2[nH]ncc12.Cl. The van der Waals surface area contributed by atoms with E-state index < -0.39 is 0 Å². The fourth-order valence-corrected chi connectivity index (χ4v) is 3.14. The van der Waals surface area contributed by atoms with Crippen LogP contribution < -0.4 is 4.74 Å². The number of hydrogen-bond donors (Lipinski definition) is 1. The van der Waals surface area contributed by atoms with Crippen LogP contribution in [0.1, 0.15) is 31.2 Å². The Balaban J connectivity index is 0.00000161. The molecule has 2 unspecified atom stereocenters. The first kappa shape index (κ1) is 16.1. The van der Waals surface area contributed by atoms with Gasteiger partial charge in [0.15, 0.2) is 0 Å². The minimum absolute atomic E-state index is 0. The highest BCUT2D eigenvalue weighted by molar-refractivity contribution is 5.85. The molecule has 1 aliphatic carbocycles. The second-order valence-electron chi connectivity index (χ2n) is 6.04. The molecule has 0 saturated heterocycles. The zero-order chi connectivity index (χ0) is 14.1. The molecule has 3 rings (SSSR count). The summed E-state index contributed by atoms with van der Waals surface area (Å²) in [6, 6.07) is 4.76. The van der Waals surface area contributed by atoms with Crippen molar-refractivity contribution in [1.29, 1.82) is 0 Å². The van der Waals surface area contributed by atoms with Crippen LogP contribution in [0.2, 0.25) is 0 Å². The Bertz CT molecular complexity index is 596. The molecule has 1 aliphatic rings. The van der Waals surface area contributed by atoms with E-state index in [4.69, 9.17) is 4.74 Å². The van der Waals surface area contributed by atoms with Gasteiger partial charge in [-0.25, -0.2) is 0 Å². The summed E-state index contributed by atoms with van der Waals surface area (Å²) >= 11 is 0. The highest BCUT2D eigenvalue weighted by atomic mass is 35.5. The average molecular weight is 310 g/mol. The highest BCUT2D eigenvalue weighted by Crippen LogP contribution is 2.30. The smallest absolute Gasteiger partial charge is 0.123 e. The minimum Gasteiger partial charge on any atom is -0.490 e. The van der Waals surface area contributed by atoms with Gasteiger partial charge < -0.3 is 9.64 Å². The van der Waals surface area contributed by atoms with E-state index in [9.17, 15) is 0 Å². The van der Waals surface area contributed by atoms with Crippen molar-refractivity contribution in [2.75, 3.05) is 14.1 Å². The number of aryl methyl sites for hydroxylation is 1. The predicted octanol–water partition coefficient (Wildman–Crippen LogP) is 3.54. The molecule has 1 fully saturated rings. The molecule has 0 bridgehead atoms. The third-order valence-electron chi connectivity index (χ3n) is 4.47. The molecule has 1 aromatic heterocycles. The van der Waals surface area contributed by atoms with Crippen molar-refractivity contribution in [3.63, 3.8) is 0 Å². The molecular formula is C16H24ClN3O. The molecule has 116 valence electrons. The van der Waals surface area contributed by atoms with Gasteiger partial charge in [0.05, 0.1) is 11.7 Å². The third kappa shape index (κ3) is 3.33. The molecule has 2 atom stereocenters. The number of benzene rings is 1. The Morgan fingerprint density at radius 1 is 1.29 bits per heavy atom. The van der Waals surface area contributed by atoms with Gasteiger partial charge in [0.25, 0.3) is 0 Å². The van der Waals surface area contributed by atoms with Crippen molar-refractivity contribution in [1.82, 2.24) is 15.1 Å². The molecule has 0 aliphatic heterocycles. The second kappa shape index (κ2) is 6.67. The Kier molecular flexibility index (Phi) is 5.12. The maximum atomic E-state index is 6.28. The lowest BCUT2D eigenvalue weighted by atomic mass is 9.92. The highest BCUT2D eigenvalue weighted by Gasteiger charge is 2.25. The van der Waals surface area contributed by atoms with Gasteiger partial charge in [-0.2, -0.15) is 5.10 Å². The van der Waals surface area contributed by atoms with Gasteiger partial charge in [-0.15, -0.1) is 12.4 Å². The van der Waals surface area contributed by atoms with E-state index >= 15 is 0 Å². The summed E-state index contributed by atoms with van der Waals surface area (Å²) in [5.41, 5.74) is 2.26. The van der Waals surface area contributed by atoms with Crippen molar-refractivity contribution in [3.05, 3.63) is 23.9 Å². The normalized spacial score (nSPS) is 22.3. The van der Waals surface area contributed by atoms with E-state index in [1.54, 1.807) is 0 Å². The first-order chi connectivity index (χ1) is 9.65. The monoisotopic (exact) mass is 309 g/mol. The fraction of sp³-hybridized carbons (Fsp3) is 0.562. The van der Waals surface area contributed by atoms with E-state index in [2.05, 4.69) is 48.2 Å². The van der Waals surface area contributed by atoms with Gasteiger partial charge in [-0.3, -0.25) is 5.10 Å². The quantitative estimate of drug-likeness (QED) is 0.942. The summed E-state index contributed by atoms with van der Waals surface area (Å²) in [5, 5.41) is 8.25. The summed E-state index contributed by atoms with van der Waals surface area (Å²) in [7, 11) is 4.33. The van der Waals surface area contributed by atoms with Crippen LogP contribution >= 0.6 is 12.4 Å². The number of fused-ring (bicyclic) bond motifs is 1. The largest absolute Gasteiger partial charge is 0.490 e. The van der Waals surface area contributed by atoms with Crippen LogP contribution in [0.3, 0.4) is 0 Å². The van der Waals surface area contributed by atoms with E-state index in [1.807, 2.05) is 6.20 Å². The molecule has 1 heterocycles.